The third-order valence-corrected chi connectivity index (χ3v) is 8.04. The van der Waals surface area contributed by atoms with E-state index in [0.717, 1.165) is 4.90 Å². The first-order valence-corrected chi connectivity index (χ1v) is 15.8. The minimum atomic E-state index is -0.581. The van der Waals surface area contributed by atoms with Gasteiger partial charge < -0.3 is 20.7 Å². The second kappa shape index (κ2) is 16.1. The number of carbonyl (C=O) groups excluding carboxylic acids is 4. The standard InChI is InChI=1S/C31H26Cl2N4O5S2/c1-2-42-28(39)16-23-17-44-31(35-23)37-27(38)18-43-24-10-6-9-22(15-24)34-30(41)26(13-20-11-12-21(32)14-25(20)33)36-29(40)19-7-4-3-5-8-19/h3-15,17H,2,16,18H2,1H3,(H,34,41)(H,36,40)(H,35,37,38)/b26-13+. The van der Waals surface area contributed by atoms with Crippen molar-refractivity contribution in [1.29, 1.82) is 0 Å². The van der Waals surface area contributed by atoms with Crippen molar-refractivity contribution in [3.63, 3.8) is 0 Å². The van der Waals surface area contributed by atoms with Gasteiger partial charge in [-0.2, -0.15) is 0 Å². The highest BCUT2D eigenvalue weighted by Gasteiger charge is 2.17. The SMILES string of the molecule is CCOC(=O)Cc1csc(NC(=O)CSc2cccc(NC(=O)/C(=C\c3ccc(Cl)cc3Cl)NC(=O)c3ccccc3)c2)n1. The Kier molecular flexibility index (Phi) is 12.0. The molecule has 1 aromatic heterocycles. The van der Waals surface area contributed by atoms with E-state index in [1.165, 1.54) is 35.2 Å². The Morgan fingerprint density at radius 1 is 0.977 bits per heavy atom. The Hall–Kier alpha value is -4.16. The fourth-order valence-electron chi connectivity index (χ4n) is 3.69. The second-order valence-electron chi connectivity index (χ2n) is 8.99. The van der Waals surface area contributed by atoms with Gasteiger partial charge in [0.05, 0.1) is 24.5 Å². The summed E-state index contributed by atoms with van der Waals surface area (Å²) in [6.07, 6.45) is 1.50. The average Bonchev–Trinajstić information content (AvgIpc) is 3.43. The number of amides is 3. The van der Waals surface area contributed by atoms with Crippen LogP contribution in [-0.2, 0) is 25.5 Å². The molecule has 3 aromatic carbocycles. The van der Waals surface area contributed by atoms with E-state index in [0.29, 0.717) is 37.7 Å². The van der Waals surface area contributed by atoms with Crippen LogP contribution in [0.3, 0.4) is 0 Å². The van der Waals surface area contributed by atoms with Crippen LogP contribution in [0, 0.1) is 0 Å². The lowest BCUT2D eigenvalue weighted by molar-refractivity contribution is -0.142. The molecule has 0 atom stereocenters. The van der Waals surface area contributed by atoms with Gasteiger partial charge in [-0.1, -0.05) is 53.5 Å². The average molecular weight is 670 g/mol. The van der Waals surface area contributed by atoms with Gasteiger partial charge in [-0.05, 0) is 61.0 Å². The number of aromatic nitrogens is 1. The van der Waals surface area contributed by atoms with Crippen LogP contribution in [0.5, 0.6) is 0 Å². The van der Waals surface area contributed by atoms with E-state index in [1.54, 1.807) is 79.0 Å². The van der Waals surface area contributed by atoms with Crippen molar-refractivity contribution in [2.24, 2.45) is 0 Å². The van der Waals surface area contributed by atoms with Gasteiger partial charge in [-0.25, -0.2) is 4.98 Å². The van der Waals surface area contributed by atoms with Crippen molar-refractivity contribution in [3.05, 3.63) is 111 Å². The Bertz CT molecular complexity index is 1700. The van der Waals surface area contributed by atoms with E-state index >= 15 is 0 Å². The molecule has 226 valence electrons. The summed E-state index contributed by atoms with van der Waals surface area (Å²) in [6, 6.07) is 20.2. The minimum absolute atomic E-state index is 0.0348. The fourth-order valence-corrected chi connectivity index (χ4v) is 5.63. The lowest BCUT2D eigenvalue weighted by Crippen LogP contribution is -2.30. The maximum atomic E-state index is 13.4. The second-order valence-corrected chi connectivity index (χ2v) is 11.7. The highest BCUT2D eigenvalue weighted by molar-refractivity contribution is 8.00. The summed E-state index contributed by atoms with van der Waals surface area (Å²) in [6.45, 7) is 2.02. The first-order valence-electron chi connectivity index (χ1n) is 13.2. The van der Waals surface area contributed by atoms with Crippen molar-refractivity contribution in [1.82, 2.24) is 10.3 Å². The van der Waals surface area contributed by atoms with Gasteiger partial charge in [0.15, 0.2) is 5.13 Å². The maximum absolute atomic E-state index is 13.4. The Morgan fingerprint density at radius 2 is 1.77 bits per heavy atom. The molecule has 0 bridgehead atoms. The van der Waals surface area contributed by atoms with Crippen molar-refractivity contribution in [2.45, 2.75) is 18.2 Å². The van der Waals surface area contributed by atoms with Crippen LogP contribution >= 0.6 is 46.3 Å². The molecule has 0 unspecified atom stereocenters. The van der Waals surface area contributed by atoms with Crippen LogP contribution in [0.1, 0.15) is 28.5 Å². The van der Waals surface area contributed by atoms with Gasteiger partial charge in [-0.3, -0.25) is 19.2 Å². The monoisotopic (exact) mass is 668 g/mol. The zero-order valence-corrected chi connectivity index (χ0v) is 26.4. The number of benzene rings is 3. The quantitative estimate of drug-likeness (QED) is 0.0871. The van der Waals surface area contributed by atoms with Crippen LogP contribution < -0.4 is 16.0 Å². The molecule has 0 saturated heterocycles. The van der Waals surface area contributed by atoms with E-state index in [1.807, 2.05) is 0 Å². The van der Waals surface area contributed by atoms with Crippen molar-refractivity contribution < 1.29 is 23.9 Å². The Morgan fingerprint density at radius 3 is 2.52 bits per heavy atom. The number of anilines is 2. The number of halogens is 2. The maximum Gasteiger partial charge on any atom is 0.311 e. The summed E-state index contributed by atoms with van der Waals surface area (Å²) in [4.78, 5) is 55.4. The smallest absolute Gasteiger partial charge is 0.311 e. The van der Waals surface area contributed by atoms with Crippen molar-refractivity contribution in [3.8, 4) is 0 Å². The molecular formula is C31H26Cl2N4O5S2. The number of esters is 1. The zero-order valence-electron chi connectivity index (χ0n) is 23.3. The molecule has 44 heavy (non-hydrogen) atoms. The van der Waals surface area contributed by atoms with Crippen LogP contribution in [0.25, 0.3) is 6.08 Å². The van der Waals surface area contributed by atoms with Gasteiger partial charge in [-0.15, -0.1) is 23.1 Å². The van der Waals surface area contributed by atoms with E-state index in [2.05, 4.69) is 20.9 Å². The van der Waals surface area contributed by atoms with E-state index in [-0.39, 0.29) is 36.4 Å². The predicted molar refractivity (Wildman–Crippen MR) is 175 cm³/mol. The number of nitrogens with zero attached hydrogens (tertiary/aromatic N) is 1. The van der Waals surface area contributed by atoms with Crippen LogP contribution in [-0.4, -0.2) is 41.0 Å². The number of hydrogen-bond donors (Lipinski definition) is 3. The number of thioether (sulfide) groups is 1. The molecule has 4 aromatic rings. The summed E-state index contributed by atoms with van der Waals surface area (Å²) < 4.78 is 4.92. The molecular weight excluding hydrogens is 643 g/mol. The lowest BCUT2D eigenvalue weighted by Gasteiger charge is -2.12. The summed E-state index contributed by atoms with van der Waals surface area (Å²) in [5, 5.41) is 11.0. The number of ether oxygens (including phenoxy) is 1. The zero-order chi connectivity index (χ0) is 31.5. The number of carbonyl (C=O) groups is 4. The topological polar surface area (TPSA) is 126 Å². The number of hydrogen-bond acceptors (Lipinski definition) is 8. The lowest BCUT2D eigenvalue weighted by atomic mass is 10.1. The molecule has 0 aliphatic carbocycles. The molecule has 0 radical (unpaired) electrons. The molecule has 4 rings (SSSR count). The molecule has 0 fully saturated rings. The van der Waals surface area contributed by atoms with Crippen LogP contribution in [0.15, 0.2) is 88.8 Å². The van der Waals surface area contributed by atoms with Crippen LogP contribution in [0.4, 0.5) is 10.8 Å². The van der Waals surface area contributed by atoms with Crippen molar-refractivity contribution >= 4 is 86.9 Å². The van der Waals surface area contributed by atoms with Gasteiger partial charge in [0.2, 0.25) is 5.91 Å². The van der Waals surface area contributed by atoms with E-state index in [9.17, 15) is 19.2 Å². The predicted octanol–water partition coefficient (Wildman–Crippen LogP) is 6.70. The molecule has 0 saturated carbocycles. The van der Waals surface area contributed by atoms with Gasteiger partial charge in [0.25, 0.3) is 11.8 Å². The summed E-state index contributed by atoms with van der Waals surface area (Å²) in [7, 11) is 0. The highest BCUT2D eigenvalue weighted by atomic mass is 35.5. The van der Waals surface area contributed by atoms with Gasteiger partial charge in [0.1, 0.15) is 5.70 Å². The highest BCUT2D eigenvalue weighted by Crippen LogP contribution is 2.25. The molecule has 0 spiro atoms. The van der Waals surface area contributed by atoms with Crippen LogP contribution in [0.2, 0.25) is 10.0 Å². The molecule has 1 heterocycles. The molecule has 3 N–H and O–H groups in total. The third-order valence-electron chi connectivity index (χ3n) is 5.68. The number of nitrogens with one attached hydrogen (secondary N) is 3. The van der Waals surface area contributed by atoms with Gasteiger partial charge in [0, 0.05) is 31.6 Å². The van der Waals surface area contributed by atoms with E-state index in [4.69, 9.17) is 27.9 Å². The summed E-state index contributed by atoms with van der Waals surface area (Å²) in [5.41, 5.74) is 1.79. The third kappa shape index (κ3) is 9.95. The first kappa shape index (κ1) is 32.7. The molecule has 3 amide bonds. The molecule has 13 heteroatoms. The normalized spacial score (nSPS) is 11.0. The molecule has 0 aliphatic rings. The van der Waals surface area contributed by atoms with Gasteiger partial charge >= 0.3 is 5.97 Å². The van der Waals surface area contributed by atoms with E-state index < -0.39 is 11.8 Å². The number of rotatable bonds is 12. The fraction of sp³-hybridized carbons (Fsp3) is 0.129. The summed E-state index contributed by atoms with van der Waals surface area (Å²) >= 11 is 14.8. The molecule has 9 nitrogen and oxygen atoms in total. The summed E-state index contributed by atoms with van der Waals surface area (Å²) in [5.74, 6) is -1.64. The van der Waals surface area contributed by atoms with Crippen molar-refractivity contribution in [2.75, 3.05) is 23.0 Å². The largest absolute Gasteiger partial charge is 0.466 e. The number of thiazole rings is 1. The first-order chi connectivity index (χ1) is 21.2. The Balaban J connectivity index is 1.41. The minimum Gasteiger partial charge on any atom is -0.466 e. The molecule has 0 aliphatic heterocycles. The Labute approximate surface area is 272 Å².